The molecule has 2 aromatic rings. The maximum atomic E-state index is 12.5. The SMILES string of the molecule is C/C=C(/C)N(/N=C/CC(C(=O)OCC)c1cccc(C)c1)c1ccc(C)cc1.C=C(C)Br.C=CC. The molecule has 1 unspecified atom stereocenters. The molecule has 0 aliphatic carbocycles. The highest BCUT2D eigenvalue weighted by molar-refractivity contribution is 9.11. The van der Waals surface area contributed by atoms with Crippen LogP contribution in [0.2, 0.25) is 0 Å². The molecule has 0 fully saturated rings. The summed E-state index contributed by atoms with van der Waals surface area (Å²) in [5, 5.41) is 6.54. The van der Waals surface area contributed by atoms with Gasteiger partial charge in [0.05, 0.1) is 18.2 Å². The Kier molecular flexibility index (Phi) is 16.9. The minimum Gasteiger partial charge on any atom is -0.466 e. The number of benzene rings is 2. The molecule has 0 saturated carbocycles. The van der Waals surface area contributed by atoms with Gasteiger partial charge in [-0.3, -0.25) is 4.79 Å². The van der Waals surface area contributed by atoms with Gasteiger partial charge in [0, 0.05) is 18.3 Å². The minimum absolute atomic E-state index is 0.218. The molecule has 0 heterocycles. The van der Waals surface area contributed by atoms with Crippen LogP contribution in [0.1, 0.15) is 63.6 Å². The van der Waals surface area contributed by atoms with E-state index in [-0.39, 0.29) is 11.9 Å². The maximum Gasteiger partial charge on any atom is 0.313 e. The van der Waals surface area contributed by atoms with Crippen molar-refractivity contribution in [1.82, 2.24) is 0 Å². The Morgan fingerprint density at radius 2 is 1.69 bits per heavy atom. The number of carbonyl (C=O) groups excluding carboxylic acids is 1. The lowest BCUT2D eigenvalue weighted by atomic mass is 9.95. The van der Waals surface area contributed by atoms with Gasteiger partial charge in [0.25, 0.3) is 0 Å². The Morgan fingerprint density at radius 3 is 2.17 bits per heavy atom. The van der Waals surface area contributed by atoms with Gasteiger partial charge < -0.3 is 4.74 Å². The number of aryl methyl sites for hydroxylation is 2. The van der Waals surface area contributed by atoms with Crippen LogP contribution in [0.4, 0.5) is 5.69 Å². The lowest BCUT2D eigenvalue weighted by molar-refractivity contribution is -0.144. The third kappa shape index (κ3) is 13.5. The maximum absolute atomic E-state index is 12.5. The van der Waals surface area contributed by atoms with Crippen LogP contribution >= 0.6 is 15.9 Å². The molecule has 35 heavy (non-hydrogen) atoms. The number of anilines is 1. The number of rotatable bonds is 8. The summed E-state index contributed by atoms with van der Waals surface area (Å²) in [6, 6.07) is 16.2. The zero-order valence-corrected chi connectivity index (χ0v) is 23.9. The zero-order chi connectivity index (χ0) is 26.8. The van der Waals surface area contributed by atoms with Crippen molar-refractivity contribution in [2.45, 2.75) is 60.8 Å². The van der Waals surface area contributed by atoms with E-state index in [9.17, 15) is 4.79 Å². The topological polar surface area (TPSA) is 41.9 Å². The highest BCUT2D eigenvalue weighted by Gasteiger charge is 2.21. The van der Waals surface area contributed by atoms with Crippen LogP contribution in [-0.4, -0.2) is 18.8 Å². The number of hydrogen-bond acceptors (Lipinski definition) is 4. The standard InChI is InChI=1S/C24H30N2O2.C3H5Br.C3H6/c1-6-20(5)26(22-13-11-18(3)12-14-22)25-16-15-23(24(27)28-7-2)21-10-8-9-19(4)17-21;1-3(2)4;1-3-2/h6,8-14,16-17,23H,7,15H2,1-5H3;1H2,2H3;3H,1H2,2H3/b20-6-,25-16+;;. The van der Waals surface area contributed by atoms with Gasteiger partial charge in [-0.15, -0.1) is 6.58 Å². The molecular formula is C30H41BrN2O2. The van der Waals surface area contributed by atoms with E-state index < -0.39 is 0 Å². The molecule has 0 radical (unpaired) electrons. The average molecular weight is 542 g/mol. The monoisotopic (exact) mass is 540 g/mol. The summed E-state index contributed by atoms with van der Waals surface area (Å²) in [5.74, 6) is -0.585. The number of halogens is 1. The van der Waals surface area contributed by atoms with Crippen molar-refractivity contribution in [2.24, 2.45) is 5.10 Å². The predicted octanol–water partition coefficient (Wildman–Crippen LogP) is 8.86. The quantitative estimate of drug-likeness (QED) is 0.145. The van der Waals surface area contributed by atoms with Gasteiger partial charge in [0.2, 0.25) is 0 Å². The first-order chi connectivity index (χ1) is 16.6. The highest BCUT2D eigenvalue weighted by atomic mass is 79.9. The summed E-state index contributed by atoms with van der Waals surface area (Å²) in [6.45, 7) is 20.9. The van der Waals surface area contributed by atoms with Crippen LogP contribution in [-0.2, 0) is 9.53 Å². The Labute approximate surface area is 221 Å². The summed E-state index contributed by atoms with van der Waals surface area (Å²) in [6.07, 6.45) is 6.04. The molecule has 0 aliphatic rings. The number of carbonyl (C=O) groups is 1. The zero-order valence-electron chi connectivity index (χ0n) is 22.3. The van der Waals surface area contributed by atoms with E-state index in [2.05, 4.69) is 53.2 Å². The molecule has 0 amide bonds. The third-order valence-corrected chi connectivity index (χ3v) is 4.58. The Bertz CT molecular complexity index is 974. The van der Waals surface area contributed by atoms with Crippen LogP contribution in [0.5, 0.6) is 0 Å². The normalized spacial score (nSPS) is 11.4. The average Bonchev–Trinajstić information content (AvgIpc) is 2.80. The van der Waals surface area contributed by atoms with Crippen LogP contribution in [0.3, 0.4) is 0 Å². The number of ether oxygens (including phenoxy) is 1. The van der Waals surface area contributed by atoms with Gasteiger partial charge in [0.1, 0.15) is 0 Å². The van der Waals surface area contributed by atoms with Crippen molar-refractivity contribution in [3.05, 3.63) is 101 Å². The Morgan fingerprint density at radius 1 is 1.11 bits per heavy atom. The van der Waals surface area contributed by atoms with Gasteiger partial charge in [0.15, 0.2) is 0 Å². The van der Waals surface area contributed by atoms with Gasteiger partial charge in [-0.1, -0.05) is 82.2 Å². The molecule has 0 aliphatic heterocycles. The Balaban J connectivity index is 0.00000146. The second-order valence-corrected chi connectivity index (χ2v) is 9.27. The van der Waals surface area contributed by atoms with Crippen molar-refractivity contribution >= 4 is 33.8 Å². The van der Waals surface area contributed by atoms with Crippen molar-refractivity contribution < 1.29 is 9.53 Å². The van der Waals surface area contributed by atoms with E-state index in [4.69, 9.17) is 4.74 Å². The largest absolute Gasteiger partial charge is 0.466 e. The number of esters is 1. The molecule has 2 aromatic carbocycles. The van der Waals surface area contributed by atoms with Gasteiger partial charge in [-0.2, -0.15) is 5.10 Å². The van der Waals surface area contributed by atoms with Crippen LogP contribution in [0.25, 0.3) is 0 Å². The molecular weight excluding hydrogens is 500 g/mol. The number of hydrogen-bond donors (Lipinski definition) is 0. The fourth-order valence-corrected chi connectivity index (χ4v) is 2.90. The summed E-state index contributed by atoms with van der Waals surface area (Å²) in [7, 11) is 0. The Hall–Kier alpha value is -2.92. The van der Waals surface area contributed by atoms with Gasteiger partial charge in [-0.05, 0) is 70.6 Å². The molecule has 190 valence electrons. The van der Waals surface area contributed by atoms with Crippen molar-refractivity contribution in [3.8, 4) is 0 Å². The van der Waals surface area contributed by atoms with Crippen molar-refractivity contribution in [1.29, 1.82) is 0 Å². The molecule has 0 saturated heterocycles. The molecule has 2 rings (SSSR count). The number of hydrazone groups is 1. The first kappa shape index (κ1) is 32.1. The van der Waals surface area contributed by atoms with E-state index in [0.717, 1.165) is 27.0 Å². The van der Waals surface area contributed by atoms with Crippen LogP contribution in [0.15, 0.2) is 89.1 Å². The van der Waals surface area contributed by atoms with E-state index >= 15 is 0 Å². The van der Waals surface area contributed by atoms with Crippen LogP contribution in [0, 0.1) is 13.8 Å². The predicted molar refractivity (Wildman–Crippen MR) is 156 cm³/mol. The van der Waals surface area contributed by atoms with Gasteiger partial charge >= 0.3 is 5.97 Å². The minimum atomic E-state index is -0.366. The molecule has 0 N–H and O–H groups in total. The molecule has 0 spiro atoms. The summed E-state index contributed by atoms with van der Waals surface area (Å²) in [5.41, 5.74) is 5.28. The second-order valence-electron chi connectivity index (χ2n) is 7.91. The molecule has 5 heteroatoms. The number of allylic oxidation sites excluding steroid dienone is 4. The lowest BCUT2D eigenvalue weighted by Gasteiger charge is -2.20. The fourth-order valence-electron chi connectivity index (χ4n) is 2.90. The number of nitrogens with zero attached hydrogens (tertiary/aromatic N) is 2. The van der Waals surface area contributed by atoms with Gasteiger partial charge in [-0.25, -0.2) is 5.01 Å². The van der Waals surface area contributed by atoms with E-state index in [1.807, 2.05) is 89.0 Å². The van der Waals surface area contributed by atoms with Crippen LogP contribution < -0.4 is 5.01 Å². The van der Waals surface area contributed by atoms with E-state index in [0.29, 0.717) is 13.0 Å². The second kappa shape index (κ2) is 18.4. The fraction of sp³-hybridized carbons (Fsp3) is 0.333. The lowest BCUT2D eigenvalue weighted by Crippen LogP contribution is -2.18. The molecule has 4 nitrogen and oxygen atoms in total. The summed E-state index contributed by atoms with van der Waals surface area (Å²) in [4.78, 5) is 12.5. The summed E-state index contributed by atoms with van der Waals surface area (Å²) < 4.78 is 6.28. The molecule has 0 aromatic heterocycles. The van der Waals surface area contributed by atoms with E-state index in [1.165, 1.54) is 5.56 Å². The van der Waals surface area contributed by atoms with E-state index in [1.54, 1.807) is 12.3 Å². The highest BCUT2D eigenvalue weighted by Crippen LogP contribution is 2.23. The summed E-state index contributed by atoms with van der Waals surface area (Å²) >= 11 is 3.08. The first-order valence-electron chi connectivity index (χ1n) is 11.7. The smallest absolute Gasteiger partial charge is 0.313 e. The molecule has 0 bridgehead atoms. The van der Waals surface area contributed by atoms with Crippen molar-refractivity contribution in [3.63, 3.8) is 0 Å². The third-order valence-electron chi connectivity index (χ3n) is 4.58. The first-order valence-corrected chi connectivity index (χ1v) is 12.5. The van der Waals surface area contributed by atoms with Crippen molar-refractivity contribution in [2.75, 3.05) is 11.6 Å². The molecule has 1 atom stereocenters.